The number of ether oxygens (including phenoxy) is 1. The molecule has 0 amide bonds. The van der Waals surface area contributed by atoms with Crippen LogP contribution in [-0.4, -0.2) is 28.4 Å². The van der Waals surface area contributed by atoms with E-state index >= 15 is 0 Å². The molecule has 2 aromatic carbocycles. The molecule has 0 atom stereocenters. The molecule has 0 radical (unpaired) electrons. The van der Waals surface area contributed by atoms with Gasteiger partial charge in [0.2, 0.25) is 0 Å². The van der Waals surface area contributed by atoms with Gasteiger partial charge in [0, 0.05) is 5.56 Å². The molecular formula is C17H14N4O4. The number of nitrogens with one attached hydrogen (secondary N) is 2. The Hall–Kier alpha value is -3.68. The lowest BCUT2D eigenvalue weighted by Gasteiger charge is -2.06. The van der Waals surface area contributed by atoms with Gasteiger partial charge < -0.3 is 9.84 Å². The van der Waals surface area contributed by atoms with Gasteiger partial charge in [-0.05, 0) is 30.3 Å². The van der Waals surface area contributed by atoms with Crippen molar-refractivity contribution in [3.05, 3.63) is 64.4 Å². The Kier molecular flexibility index (Phi) is 4.42. The minimum atomic E-state index is -1.06. The second-order valence-corrected chi connectivity index (χ2v) is 5.06. The lowest BCUT2D eigenvalue weighted by molar-refractivity contribution is 0.0697. The molecule has 3 rings (SSSR count). The molecule has 3 aromatic rings. The highest BCUT2D eigenvalue weighted by Gasteiger charge is 2.15. The van der Waals surface area contributed by atoms with Crippen LogP contribution in [0.1, 0.15) is 10.4 Å². The average molecular weight is 338 g/mol. The molecule has 25 heavy (non-hydrogen) atoms. The minimum Gasteiger partial charge on any atom is -0.496 e. The monoisotopic (exact) mass is 338 g/mol. The molecule has 1 heterocycles. The normalized spacial score (nSPS) is 10.9. The summed E-state index contributed by atoms with van der Waals surface area (Å²) in [5.74, 6) is -0.492. The zero-order valence-electron chi connectivity index (χ0n) is 13.2. The maximum Gasteiger partial charge on any atom is 0.335 e. The number of nitrogens with zero attached hydrogens (tertiary/aromatic N) is 2. The number of carboxylic acids is 1. The Bertz CT molecular complexity index is 1000. The lowest BCUT2D eigenvalue weighted by atomic mass is 10.1. The van der Waals surface area contributed by atoms with E-state index in [9.17, 15) is 9.59 Å². The molecule has 0 unspecified atom stereocenters. The number of H-pyrrole nitrogens is 2. The number of carbonyl (C=O) groups is 1. The second-order valence-electron chi connectivity index (χ2n) is 5.06. The molecule has 3 N–H and O–H groups in total. The molecule has 1 aromatic heterocycles. The van der Waals surface area contributed by atoms with E-state index < -0.39 is 11.5 Å². The van der Waals surface area contributed by atoms with E-state index in [-0.39, 0.29) is 11.3 Å². The Labute approximate surface area is 141 Å². The number of hydrogen-bond acceptors (Lipinski definition) is 5. The van der Waals surface area contributed by atoms with Gasteiger partial charge in [-0.15, -0.1) is 5.11 Å². The number of hydrogen-bond donors (Lipinski definition) is 3. The number of aromatic carboxylic acids is 1. The quantitative estimate of drug-likeness (QED) is 0.617. The SMILES string of the molecule is COc1ccccc1-c1[nH][nH]c(=O)c1N=Nc1cccc(C(=O)O)c1. The average Bonchev–Trinajstić information content (AvgIpc) is 3.00. The van der Waals surface area contributed by atoms with E-state index in [1.165, 1.54) is 19.2 Å². The maximum atomic E-state index is 12.0. The fourth-order valence-corrected chi connectivity index (χ4v) is 2.30. The summed E-state index contributed by atoms with van der Waals surface area (Å²) in [6.45, 7) is 0. The predicted molar refractivity (Wildman–Crippen MR) is 91.0 cm³/mol. The summed E-state index contributed by atoms with van der Waals surface area (Å²) in [5.41, 5.74) is 1.12. The summed E-state index contributed by atoms with van der Waals surface area (Å²) in [5, 5.41) is 22.2. The number of azo groups is 1. The minimum absolute atomic E-state index is 0.0743. The molecule has 0 bridgehead atoms. The van der Waals surface area contributed by atoms with Crippen molar-refractivity contribution in [2.75, 3.05) is 7.11 Å². The summed E-state index contributed by atoms with van der Waals surface area (Å²) in [7, 11) is 1.53. The number of aromatic nitrogens is 2. The van der Waals surface area contributed by atoms with Crippen LogP contribution in [0.15, 0.2) is 63.6 Å². The van der Waals surface area contributed by atoms with Crippen molar-refractivity contribution in [2.45, 2.75) is 0 Å². The van der Waals surface area contributed by atoms with Crippen LogP contribution in [0.2, 0.25) is 0 Å². The van der Waals surface area contributed by atoms with Crippen LogP contribution >= 0.6 is 0 Å². The summed E-state index contributed by atoms with van der Waals surface area (Å²) in [6.07, 6.45) is 0. The topological polar surface area (TPSA) is 120 Å². The predicted octanol–water partition coefficient (Wildman–Crippen LogP) is 3.49. The summed E-state index contributed by atoms with van der Waals surface area (Å²) >= 11 is 0. The van der Waals surface area contributed by atoms with Gasteiger partial charge in [-0.1, -0.05) is 18.2 Å². The van der Waals surface area contributed by atoms with Crippen molar-refractivity contribution in [1.29, 1.82) is 0 Å². The first-order valence-corrected chi connectivity index (χ1v) is 7.29. The standard InChI is InChI=1S/C17H14N4O4/c1-25-13-8-3-2-7-12(13)14-15(16(22)21-19-14)20-18-11-6-4-5-10(9-11)17(23)24/h2-9H,1H3,(H,23,24)(H2,19,21,22). The highest BCUT2D eigenvalue weighted by Crippen LogP contribution is 2.33. The van der Waals surface area contributed by atoms with Crippen LogP contribution in [0.4, 0.5) is 11.4 Å². The molecule has 0 spiro atoms. The van der Waals surface area contributed by atoms with Crippen molar-refractivity contribution in [2.24, 2.45) is 10.2 Å². The first-order valence-electron chi connectivity index (χ1n) is 7.29. The summed E-state index contributed by atoms with van der Waals surface area (Å²) in [6, 6.07) is 13.1. The van der Waals surface area contributed by atoms with E-state index in [0.717, 1.165) is 0 Å². The molecule has 0 fully saturated rings. The van der Waals surface area contributed by atoms with E-state index in [4.69, 9.17) is 9.84 Å². The molecule has 0 aliphatic heterocycles. The highest BCUT2D eigenvalue weighted by molar-refractivity contribution is 5.88. The van der Waals surface area contributed by atoms with Gasteiger partial charge in [0.05, 0.1) is 24.1 Å². The van der Waals surface area contributed by atoms with Gasteiger partial charge in [-0.2, -0.15) is 5.11 Å². The first-order chi connectivity index (χ1) is 12.1. The van der Waals surface area contributed by atoms with Crippen LogP contribution in [0.5, 0.6) is 5.75 Å². The van der Waals surface area contributed by atoms with Gasteiger partial charge in [-0.25, -0.2) is 4.79 Å². The molecular weight excluding hydrogens is 324 g/mol. The number of para-hydroxylation sites is 1. The third kappa shape index (κ3) is 3.32. The largest absolute Gasteiger partial charge is 0.496 e. The number of rotatable bonds is 5. The zero-order chi connectivity index (χ0) is 17.8. The Morgan fingerprint density at radius 2 is 1.88 bits per heavy atom. The molecule has 8 nitrogen and oxygen atoms in total. The number of methoxy groups -OCH3 is 1. The Morgan fingerprint density at radius 3 is 2.64 bits per heavy atom. The zero-order valence-corrected chi connectivity index (χ0v) is 13.2. The van der Waals surface area contributed by atoms with Gasteiger partial charge in [-0.3, -0.25) is 15.0 Å². The van der Waals surface area contributed by atoms with Crippen LogP contribution in [0.3, 0.4) is 0 Å². The van der Waals surface area contributed by atoms with Crippen molar-refractivity contribution in [3.8, 4) is 17.0 Å². The van der Waals surface area contributed by atoms with Crippen molar-refractivity contribution in [3.63, 3.8) is 0 Å². The number of benzene rings is 2. The molecule has 0 aliphatic rings. The van der Waals surface area contributed by atoms with Gasteiger partial charge in [0.15, 0.2) is 5.69 Å². The van der Waals surface area contributed by atoms with Crippen LogP contribution in [0.25, 0.3) is 11.3 Å². The van der Waals surface area contributed by atoms with Crippen LogP contribution in [0, 0.1) is 0 Å². The second kappa shape index (κ2) is 6.83. The van der Waals surface area contributed by atoms with E-state index in [0.29, 0.717) is 22.7 Å². The van der Waals surface area contributed by atoms with E-state index in [1.54, 1.807) is 30.3 Å². The fraction of sp³-hybridized carbons (Fsp3) is 0.0588. The van der Waals surface area contributed by atoms with Gasteiger partial charge in [0.25, 0.3) is 5.56 Å². The Balaban J connectivity index is 2.02. The smallest absolute Gasteiger partial charge is 0.335 e. The molecule has 0 saturated heterocycles. The highest BCUT2D eigenvalue weighted by atomic mass is 16.5. The molecule has 8 heteroatoms. The number of aromatic amines is 2. The first kappa shape index (κ1) is 16.2. The maximum absolute atomic E-state index is 12.0. The third-order valence-corrected chi connectivity index (χ3v) is 3.49. The lowest BCUT2D eigenvalue weighted by Crippen LogP contribution is -1.97. The van der Waals surface area contributed by atoms with E-state index in [1.807, 2.05) is 6.07 Å². The molecule has 0 saturated carbocycles. The number of carboxylic acid groups (broad SMARTS) is 1. The van der Waals surface area contributed by atoms with Crippen molar-refractivity contribution < 1.29 is 14.6 Å². The van der Waals surface area contributed by atoms with Crippen LogP contribution < -0.4 is 10.3 Å². The third-order valence-electron chi connectivity index (χ3n) is 3.49. The fourth-order valence-electron chi connectivity index (χ4n) is 2.30. The Morgan fingerprint density at radius 1 is 1.08 bits per heavy atom. The van der Waals surface area contributed by atoms with E-state index in [2.05, 4.69) is 20.4 Å². The summed E-state index contributed by atoms with van der Waals surface area (Å²) in [4.78, 5) is 23.0. The van der Waals surface area contributed by atoms with Gasteiger partial charge >= 0.3 is 5.97 Å². The summed E-state index contributed by atoms with van der Waals surface area (Å²) < 4.78 is 5.30. The molecule has 126 valence electrons. The van der Waals surface area contributed by atoms with Gasteiger partial charge in [0.1, 0.15) is 5.75 Å². The van der Waals surface area contributed by atoms with Crippen molar-refractivity contribution >= 4 is 17.3 Å². The van der Waals surface area contributed by atoms with Crippen molar-refractivity contribution in [1.82, 2.24) is 10.2 Å². The molecule has 0 aliphatic carbocycles. The van der Waals surface area contributed by atoms with Crippen LogP contribution in [-0.2, 0) is 0 Å².